The van der Waals surface area contributed by atoms with Crippen LogP contribution in [0.1, 0.15) is 10.4 Å². The molecule has 21 heavy (non-hydrogen) atoms. The second-order valence-electron chi connectivity index (χ2n) is 4.35. The Kier molecular flexibility index (Phi) is 4.29. The summed E-state index contributed by atoms with van der Waals surface area (Å²) in [6, 6.07) is 9.34. The van der Waals surface area contributed by atoms with Crippen molar-refractivity contribution < 1.29 is 17.6 Å². The molecule has 0 aliphatic rings. The summed E-state index contributed by atoms with van der Waals surface area (Å²) >= 11 is 5.80. The zero-order valence-electron chi connectivity index (χ0n) is 10.9. The largest absolute Gasteiger partial charge is 0.321 e. The predicted molar refractivity (Wildman–Crippen MR) is 78.9 cm³/mol. The van der Waals surface area contributed by atoms with Crippen LogP contribution in [0.3, 0.4) is 0 Å². The van der Waals surface area contributed by atoms with E-state index in [0.29, 0.717) is 0 Å². The SMILES string of the molecule is CS(=O)(=O)c1ccccc1NC(=O)c1ccc(F)cc1Cl. The van der Waals surface area contributed by atoms with Crippen molar-refractivity contribution >= 4 is 33.0 Å². The number of para-hydroxylation sites is 1. The standard InChI is InChI=1S/C14H11ClFNO3S/c1-21(19,20)13-5-3-2-4-12(13)17-14(18)10-7-6-9(16)8-11(10)15/h2-8H,1H3,(H,17,18). The van der Waals surface area contributed by atoms with Gasteiger partial charge in [0.2, 0.25) is 0 Å². The van der Waals surface area contributed by atoms with Crippen LogP contribution in [0.15, 0.2) is 47.4 Å². The molecule has 0 unspecified atom stereocenters. The molecule has 0 fully saturated rings. The van der Waals surface area contributed by atoms with Gasteiger partial charge in [0, 0.05) is 6.26 Å². The molecule has 4 nitrogen and oxygen atoms in total. The van der Waals surface area contributed by atoms with E-state index < -0.39 is 21.6 Å². The molecular weight excluding hydrogens is 317 g/mol. The third kappa shape index (κ3) is 3.59. The highest BCUT2D eigenvalue weighted by atomic mass is 35.5. The lowest BCUT2D eigenvalue weighted by Crippen LogP contribution is -2.15. The minimum absolute atomic E-state index is 0.00316. The third-order valence-corrected chi connectivity index (χ3v) is 4.18. The normalized spacial score (nSPS) is 11.2. The van der Waals surface area contributed by atoms with E-state index in [1.807, 2.05) is 0 Å². The van der Waals surface area contributed by atoms with Crippen molar-refractivity contribution in [3.05, 3.63) is 58.9 Å². The monoisotopic (exact) mass is 327 g/mol. The fourth-order valence-corrected chi connectivity index (χ4v) is 2.85. The molecule has 2 aromatic carbocycles. The molecule has 0 heterocycles. The molecular formula is C14H11ClFNO3S. The summed E-state index contributed by atoms with van der Waals surface area (Å²) in [4.78, 5) is 12.1. The van der Waals surface area contributed by atoms with Gasteiger partial charge < -0.3 is 5.32 Å². The van der Waals surface area contributed by atoms with E-state index in [1.165, 1.54) is 18.2 Å². The van der Waals surface area contributed by atoms with Crippen molar-refractivity contribution in [2.45, 2.75) is 4.90 Å². The van der Waals surface area contributed by atoms with E-state index >= 15 is 0 Å². The van der Waals surface area contributed by atoms with Crippen LogP contribution in [0, 0.1) is 5.82 Å². The topological polar surface area (TPSA) is 63.2 Å². The molecule has 110 valence electrons. The smallest absolute Gasteiger partial charge is 0.257 e. The first-order valence-electron chi connectivity index (χ1n) is 5.84. The quantitative estimate of drug-likeness (QED) is 0.942. The van der Waals surface area contributed by atoms with E-state index in [2.05, 4.69) is 5.32 Å². The van der Waals surface area contributed by atoms with E-state index in [4.69, 9.17) is 11.6 Å². The van der Waals surface area contributed by atoms with E-state index in [0.717, 1.165) is 18.4 Å². The van der Waals surface area contributed by atoms with Crippen LogP contribution >= 0.6 is 11.6 Å². The summed E-state index contributed by atoms with van der Waals surface area (Å²) in [6.45, 7) is 0. The highest BCUT2D eigenvalue weighted by molar-refractivity contribution is 7.90. The first-order chi connectivity index (χ1) is 9.79. The lowest BCUT2D eigenvalue weighted by Gasteiger charge is -2.10. The van der Waals surface area contributed by atoms with Gasteiger partial charge in [-0.1, -0.05) is 23.7 Å². The summed E-state index contributed by atoms with van der Waals surface area (Å²) in [5.41, 5.74) is 0.201. The van der Waals surface area contributed by atoms with Crippen LogP contribution in [0.4, 0.5) is 10.1 Å². The summed E-state index contributed by atoms with van der Waals surface area (Å²) in [6.07, 6.45) is 1.04. The minimum Gasteiger partial charge on any atom is -0.321 e. The molecule has 2 rings (SSSR count). The van der Waals surface area contributed by atoms with Gasteiger partial charge in [0.25, 0.3) is 5.91 Å². The third-order valence-electron chi connectivity index (χ3n) is 2.71. The average Bonchev–Trinajstić information content (AvgIpc) is 2.37. The zero-order chi connectivity index (χ0) is 15.6. The summed E-state index contributed by atoms with van der Waals surface area (Å²) < 4.78 is 36.3. The second-order valence-corrected chi connectivity index (χ2v) is 6.74. The highest BCUT2D eigenvalue weighted by Gasteiger charge is 2.17. The van der Waals surface area contributed by atoms with Crippen molar-refractivity contribution in [2.24, 2.45) is 0 Å². The number of carbonyl (C=O) groups excluding carboxylic acids is 1. The maximum Gasteiger partial charge on any atom is 0.257 e. The maximum absolute atomic E-state index is 13.0. The number of hydrogen-bond donors (Lipinski definition) is 1. The molecule has 0 saturated carbocycles. The first-order valence-corrected chi connectivity index (χ1v) is 8.11. The highest BCUT2D eigenvalue weighted by Crippen LogP contribution is 2.23. The van der Waals surface area contributed by atoms with Crippen molar-refractivity contribution in [1.29, 1.82) is 0 Å². The fourth-order valence-electron chi connectivity index (χ4n) is 1.76. The Morgan fingerprint density at radius 2 is 1.86 bits per heavy atom. The Bertz CT molecular complexity index is 806. The molecule has 0 saturated heterocycles. The van der Waals surface area contributed by atoms with Crippen LogP contribution in [0.2, 0.25) is 5.02 Å². The number of carbonyl (C=O) groups is 1. The number of benzene rings is 2. The Hall–Kier alpha value is -1.92. The van der Waals surface area contributed by atoms with Crippen LogP contribution in [-0.2, 0) is 9.84 Å². The minimum atomic E-state index is -3.49. The summed E-state index contributed by atoms with van der Waals surface area (Å²) in [5, 5.41) is 2.42. The van der Waals surface area contributed by atoms with E-state index in [1.54, 1.807) is 12.1 Å². The van der Waals surface area contributed by atoms with Crippen LogP contribution in [0.5, 0.6) is 0 Å². The van der Waals surface area contributed by atoms with Crippen molar-refractivity contribution in [1.82, 2.24) is 0 Å². The summed E-state index contributed by atoms with van der Waals surface area (Å²) in [7, 11) is -3.49. The molecule has 1 amide bonds. The van der Waals surface area contributed by atoms with Gasteiger partial charge in [-0.3, -0.25) is 4.79 Å². The number of rotatable bonds is 3. The van der Waals surface area contributed by atoms with Gasteiger partial charge in [-0.05, 0) is 30.3 Å². The van der Waals surface area contributed by atoms with Gasteiger partial charge in [0.1, 0.15) is 5.82 Å². The van der Waals surface area contributed by atoms with Crippen LogP contribution in [-0.4, -0.2) is 20.6 Å². The first kappa shape index (κ1) is 15.5. The predicted octanol–water partition coefficient (Wildman–Crippen LogP) is 3.13. The average molecular weight is 328 g/mol. The van der Waals surface area contributed by atoms with E-state index in [-0.39, 0.29) is 21.2 Å². The number of halogens is 2. The van der Waals surface area contributed by atoms with Crippen LogP contribution in [0.25, 0.3) is 0 Å². The molecule has 0 atom stereocenters. The number of amides is 1. The molecule has 0 spiro atoms. The van der Waals surface area contributed by atoms with Crippen molar-refractivity contribution in [2.75, 3.05) is 11.6 Å². The van der Waals surface area contributed by atoms with Crippen molar-refractivity contribution in [3.8, 4) is 0 Å². The van der Waals surface area contributed by atoms with Gasteiger partial charge in [-0.2, -0.15) is 0 Å². The molecule has 7 heteroatoms. The molecule has 2 aromatic rings. The van der Waals surface area contributed by atoms with Crippen molar-refractivity contribution in [3.63, 3.8) is 0 Å². The Balaban J connectivity index is 2.37. The Morgan fingerprint density at radius 1 is 1.19 bits per heavy atom. The fraction of sp³-hybridized carbons (Fsp3) is 0.0714. The van der Waals surface area contributed by atoms with Gasteiger partial charge in [0.15, 0.2) is 9.84 Å². The molecule has 0 bridgehead atoms. The Labute approximate surface area is 126 Å². The number of nitrogens with one attached hydrogen (secondary N) is 1. The Morgan fingerprint density at radius 3 is 2.48 bits per heavy atom. The zero-order valence-corrected chi connectivity index (χ0v) is 12.5. The van der Waals surface area contributed by atoms with Gasteiger partial charge >= 0.3 is 0 Å². The number of hydrogen-bond acceptors (Lipinski definition) is 3. The molecule has 0 radical (unpaired) electrons. The number of sulfone groups is 1. The summed E-state index contributed by atoms with van der Waals surface area (Å²) in [5.74, 6) is -1.18. The lowest BCUT2D eigenvalue weighted by molar-refractivity contribution is 0.102. The van der Waals surface area contributed by atoms with E-state index in [9.17, 15) is 17.6 Å². The lowest BCUT2D eigenvalue weighted by atomic mass is 10.2. The molecule has 1 N–H and O–H groups in total. The van der Waals surface area contributed by atoms with Crippen LogP contribution < -0.4 is 5.32 Å². The molecule has 0 aliphatic carbocycles. The van der Waals surface area contributed by atoms with Gasteiger partial charge in [0.05, 0.1) is 21.2 Å². The number of anilines is 1. The second kappa shape index (κ2) is 5.83. The maximum atomic E-state index is 13.0. The molecule has 0 aliphatic heterocycles. The van der Waals surface area contributed by atoms with Gasteiger partial charge in [-0.15, -0.1) is 0 Å². The molecule has 0 aromatic heterocycles. The van der Waals surface area contributed by atoms with Gasteiger partial charge in [-0.25, -0.2) is 12.8 Å².